The second-order valence-electron chi connectivity index (χ2n) is 4.48. The molecule has 2 aromatic carbocycles. The molecule has 0 saturated carbocycles. The van der Waals surface area contributed by atoms with Gasteiger partial charge in [-0.15, -0.1) is 10.2 Å². The van der Waals surface area contributed by atoms with Crippen molar-refractivity contribution in [2.45, 2.75) is 17.6 Å². The van der Waals surface area contributed by atoms with Gasteiger partial charge in [-0.2, -0.15) is 0 Å². The van der Waals surface area contributed by atoms with Crippen LogP contribution in [0.3, 0.4) is 0 Å². The third-order valence-electron chi connectivity index (χ3n) is 2.83. The minimum absolute atomic E-state index is 0.264. The highest BCUT2D eigenvalue weighted by Gasteiger charge is 2.07. The van der Waals surface area contributed by atoms with Crippen molar-refractivity contribution in [3.05, 3.63) is 70.5 Å². The number of ether oxygens (including phenoxy) is 1. The molecule has 0 unspecified atom stereocenters. The summed E-state index contributed by atoms with van der Waals surface area (Å²) < 4.78 is 12.2. The number of hydrogen-bond donors (Lipinski definition) is 0. The Morgan fingerprint density at radius 2 is 1.77 bits per heavy atom. The second kappa shape index (κ2) is 7.47. The maximum atomic E-state index is 5.60. The van der Waals surface area contributed by atoms with Gasteiger partial charge in [-0.05, 0) is 29.8 Å². The zero-order chi connectivity index (χ0) is 15.2. The van der Waals surface area contributed by atoms with Crippen LogP contribution in [0, 0.1) is 0 Å². The van der Waals surface area contributed by atoms with Gasteiger partial charge in [0.1, 0.15) is 5.75 Å². The Balaban J connectivity index is 1.51. The van der Waals surface area contributed by atoms with E-state index in [1.54, 1.807) is 0 Å². The van der Waals surface area contributed by atoms with Crippen molar-refractivity contribution in [1.29, 1.82) is 0 Å². The first-order chi connectivity index (χ1) is 10.8. The SMILES string of the molecule is Brc1ccc(OCc2nnc(SCc3ccccc3)o2)cc1. The topological polar surface area (TPSA) is 48.2 Å². The summed E-state index contributed by atoms with van der Waals surface area (Å²) >= 11 is 4.90. The lowest BCUT2D eigenvalue weighted by molar-refractivity contribution is 0.252. The van der Waals surface area contributed by atoms with E-state index < -0.39 is 0 Å². The van der Waals surface area contributed by atoms with Crippen LogP contribution in [0.1, 0.15) is 11.5 Å². The van der Waals surface area contributed by atoms with E-state index in [-0.39, 0.29) is 6.61 Å². The third-order valence-corrected chi connectivity index (χ3v) is 4.25. The number of hydrogen-bond acceptors (Lipinski definition) is 5. The summed E-state index contributed by atoms with van der Waals surface area (Å²) in [7, 11) is 0. The average Bonchev–Trinajstić information content (AvgIpc) is 3.01. The number of aromatic nitrogens is 2. The molecule has 3 aromatic rings. The predicted molar refractivity (Wildman–Crippen MR) is 88.8 cm³/mol. The van der Waals surface area contributed by atoms with E-state index in [4.69, 9.17) is 9.15 Å². The molecule has 4 nitrogen and oxygen atoms in total. The number of rotatable bonds is 6. The van der Waals surface area contributed by atoms with Gasteiger partial charge in [0.25, 0.3) is 11.1 Å². The molecule has 0 aliphatic carbocycles. The van der Waals surface area contributed by atoms with E-state index in [1.807, 2.05) is 42.5 Å². The lowest BCUT2D eigenvalue weighted by Crippen LogP contribution is -1.95. The molecule has 0 aliphatic rings. The van der Waals surface area contributed by atoms with Crippen LogP contribution in [-0.2, 0) is 12.4 Å². The zero-order valence-electron chi connectivity index (χ0n) is 11.6. The molecule has 0 atom stereocenters. The first kappa shape index (κ1) is 15.1. The van der Waals surface area contributed by atoms with Crippen LogP contribution in [0.15, 0.2) is 68.7 Å². The van der Waals surface area contributed by atoms with E-state index in [0.29, 0.717) is 11.1 Å². The van der Waals surface area contributed by atoms with Crippen molar-refractivity contribution in [1.82, 2.24) is 10.2 Å². The van der Waals surface area contributed by atoms with Crippen molar-refractivity contribution < 1.29 is 9.15 Å². The minimum Gasteiger partial charge on any atom is -0.484 e. The van der Waals surface area contributed by atoms with E-state index >= 15 is 0 Å². The number of thioether (sulfide) groups is 1. The van der Waals surface area contributed by atoms with Gasteiger partial charge in [0.2, 0.25) is 0 Å². The Kier molecular flexibility index (Phi) is 5.13. The Hall–Kier alpha value is -1.79. The van der Waals surface area contributed by atoms with Crippen LogP contribution in [0.2, 0.25) is 0 Å². The molecule has 0 amide bonds. The zero-order valence-corrected chi connectivity index (χ0v) is 14.0. The normalized spacial score (nSPS) is 10.6. The van der Waals surface area contributed by atoms with E-state index in [2.05, 4.69) is 38.3 Å². The lowest BCUT2D eigenvalue weighted by atomic mass is 10.2. The fourth-order valence-corrected chi connectivity index (χ4v) is 2.75. The monoisotopic (exact) mass is 376 g/mol. The molecule has 1 heterocycles. The molecule has 0 fully saturated rings. The molecule has 0 aliphatic heterocycles. The van der Waals surface area contributed by atoms with Gasteiger partial charge in [-0.1, -0.05) is 58.0 Å². The largest absolute Gasteiger partial charge is 0.484 e. The summed E-state index contributed by atoms with van der Waals surface area (Å²) in [5.74, 6) is 2.04. The summed E-state index contributed by atoms with van der Waals surface area (Å²) in [5, 5.41) is 8.56. The van der Waals surface area contributed by atoms with Crippen molar-refractivity contribution in [2.24, 2.45) is 0 Å². The van der Waals surface area contributed by atoms with Crippen molar-refractivity contribution in [2.75, 3.05) is 0 Å². The number of benzene rings is 2. The maximum Gasteiger partial charge on any atom is 0.277 e. The average molecular weight is 377 g/mol. The molecule has 22 heavy (non-hydrogen) atoms. The summed E-state index contributed by atoms with van der Waals surface area (Å²) in [6, 6.07) is 17.8. The molecule has 1 aromatic heterocycles. The smallest absolute Gasteiger partial charge is 0.277 e. The van der Waals surface area contributed by atoms with Crippen LogP contribution in [-0.4, -0.2) is 10.2 Å². The fraction of sp³-hybridized carbons (Fsp3) is 0.125. The Labute approximate surface area is 141 Å². The minimum atomic E-state index is 0.264. The van der Waals surface area contributed by atoms with Crippen LogP contribution in [0.5, 0.6) is 5.75 Å². The van der Waals surface area contributed by atoms with Gasteiger partial charge in [0, 0.05) is 10.2 Å². The number of nitrogens with zero attached hydrogens (tertiary/aromatic N) is 2. The van der Waals surface area contributed by atoms with Gasteiger partial charge < -0.3 is 9.15 Å². The Morgan fingerprint density at radius 1 is 1.00 bits per heavy atom. The first-order valence-corrected chi connectivity index (χ1v) is 8.45. The standard InChI is InChI=1S/C16H13BrN2O2S/c17-13-6-8-14(9-7-13)20-10-15-18-19-16(21-15)22-11-12-4-2-1-3-5-12/h1-9H,10-11H2. The van der Waals surface area contributed by atoms with Gasteiger partial charge in [-0.25, -0.2) is 0 Å². The van der Waals surface area contributed by atoms with E-state index in [1.165, 1.54) is 17.3 Å². The Bertz CT molecular complexity index is 717. The fourth-order valence-electron chi connectivity index (χ4n) is 1.75. The molecule has 0 radical (unpaired) electrons. The molecule has 0 spiro atoms. The molecule has 0 bridgehead atoms. The van der Waals surface area contributed by atoms with Crippen LogP contribution < -0.4 is 4.74 Å². The maximum absolute atomic E-state index is 5.60. The van der Waals surface area contributed by atoms with Crippen LogP contribution in [0.25, 0.3) is 0 Å². The highest BCUT2D eigenvalue weighted by Crippen LogP contribution is 2.22. The molecule has 6 heteroatoms. The van der Waals surface area contributed by atoms with Crippen molar-refractivity contribution in [3.8, 4) is 5.75 Å². The quantitative estimate of drug-likeness (QED) is 0.583. The molecule has 0 saturated heterocycles. The third kappa shape index (κ3) is 4.35. The summed E-state index contributed by atoms with van der Waals surface area (Å²) in [6.07, 6.45) is 0. The molecule has 112 valence electrons. The molecule has 3 rings (SSSR count). The van der Waals surface area contributed by atoms with Crippen molar-refractivity contribution in [3.63, 3.8) is 0 Å². The van der Waals surface area contributed by atoms with Crippen LogP contribution in [0.4, 0.5) is 0 Å². The summed E-state index contributed by atoms with van der Waals surface area (Å²) in [5.41, 5.74) is 1.22. The predicted octanol–water partition coefficient (Wildman–Crippen LogP) is 4.70. The highest BCUT2D eigenvalue weighted by atomic mass is 79.9. The lowest BCUT2D eigenvalue weighted by Gasteiger charge is -2.02. The second-order valence-corrected chi connectivity index (χ2v) is 6.32. The molecular formula is C16H13BrN2O2S. The number of halogens is 1. The summed E-state index contributed by atoms with van der Waals surface area (Å²) in [4.78, 5) is 0. The van der Waals surface area contributed by atoms with E-state index in [0.717, 1.165) is 16.0 Å². The van der Waals surface area contributed by atoms with Crippen LogP contribution >= 0.6 is 27.7 Å². The summed E-state index contributed by atoms with van der Waals surface area (Å²) in [6.45, 7) is 0.264. The molecule has 0 N–H and O–H groups in total. The first-order valence-electron chi connectivity index (χ1n) is 6.67. The Morgan fingerprint density at radius 3 is 2.55 bits per heavy atom. The van der Waals surface area contributed by atoms with Crippen molar-refractivity contribution >= 4 is 27.7 Å². The van der Waals surface area contributed by atoms with Gasteiger partial charge in [-0.3, -0.25) is 0 Å². The highest BCUT2D eigenvalue weighted by molar-refractivity contribution is 9.10. The van der Waals surface area contributed by atoms with Gasteiger partial charge in [0.05, 0.1) is 0 Å². The van der Waals surface area contributed by atoms with Gasteiger partial charge >= 0.3 is 0 Å². The van der Waals surface area contributed by atoms with Gasteiger partial charge in [0.15, 0.2) is 6.61 Å². The van der Waals surface area contributed by atoms with E-state index in [9.17, 15) is 0 Å². The molecular weight excluding hydrogens is 364 g/mol.